The zero-order chi connectivity index (χ0) is 22.3. The van der Waals surface area contributed by atoms with Crippen LogP contribution in [0.1, 0.15) is 50.7 Å². The van der Waals surface area contributed by atoms with Gasteiger partial charge in [0.15, 0.2) is 6.10 Å². The molecule has 0 radical (unpaired) electrons. The highest BCUT2D eigenvalue weighted by molar-refractivity contribution is 6.01. The van der Waals surface area contributed by atoms with Crippen LogP contribution in [-0.2, 0) is 20.8 Å². The van der Waals surface area contributed by atoms with Crippen molar-refractivity contribution >= 4 is 11.7 Å². The maximum Gasteiger partial charge on any atom is 0.333 e. The molecule has 1 unspecified atom stereocenters. The fourth-order valence-corrected chi connectivity index (χ4v) is 3.02. The van der Waals surface area contributed by atoms with Crippen LogP contribution >= 0.6 is 0 Å². The van der Waals surface area contributed by atoms with Crippen molar-refractivity contribution in [1.29, 1.82) is 0 Å². The molecule has 0 fully saturated rings. The van der Waals surface area contributed by atoms with Gasteiger partial charge in [-0.05, 0) is 37.5 Å². The van der Waals surface area contributed by atoms with E-state index in [0.29, 0.717) is 25.4 Å². The Kier molecular flexibility index (Phi) is 11.2. The smallest absolute Gasteiger partial charge is 0.333 e. The molecule has 1 atom stereocenters. The molecule has 2 aromatic rings. The van der Waals surface area contributed by atoms with Crippen molar-refractivity contribution in [2.45, 2.75) is 52.1 Å². The third-order valence-corrected chi connectivity index (χ3v) is 4.73. The van der Waals surface area contributed by atoms with E-state index < -0.39 is 12.1 Å². The summed E-state index contributed by atoms with van der Waals surface area (Å²) in [7, 11) is 0. The molecule has 168 valence electrons. The molecule has 0 aliphatic carbocycles. The highest BCUT2D eigenvalue weighted by Crippen LogP contribution is 2.15. The topological polar surface area (TPSA) is 77.3 Å². The van der Waals surface area contributed by atoms with Gasteiger partial charge in [-0.25, -0.2) is 4.79 Å². The third-order valence-electron chi connectivity index (χ3n) is 4.73. The Balaban J connectivity index is 1.95. The van der Waals surface area contributed by atoms with E-state index in [4.69, 9.17) is 14.3 Å². The van der Waals surface area contributed by atoms with Gasteiger partial charge in [-0.1, -0.05) is 67.4 Å². The van der Waals surface area contributed by atoms with Gasteiger partial charge in [0, 0.05) is 18.6 Å². The van der Waals surface area contributed by atoms with Crippen LogP contribution in [0.5, 0.6) is 5.75 Å². The average molecular weight is 428 g/mol. The van der Waals surface area contributed by atoms with Crippen molar-refractivity contribution in [2.75, 3.05) is 19.8 Å². The molecule has 1 N–H and O–H groups in total. The largest absolute Gasteiger partial charge is 0.487 e. The number of hydrogen-bond acceptors (Lipinski definition) is 5. The van der Waals surface area contributed by atoms with Crippen molar-refractivity contribution in [3.05, 3.63) is 65.7 Å². The molecule has 0 aliphatic rings. The Bertz CT molecular complexity index is 789. The minimum Gasteiger partial charge on any atom is -0.487 e. The quantitative estimate of drug-likeness (QED) is 0.243. The summed E-state index contributed by atoms with van der Waals surface area (Å²) in [6.07, 6.45) is 3.99. The van der Waals surface area contributed by atoms with Crippen LogP contribution in [-0.4, -0.2) is 42.7 Å². The molecule has 6 nitrogen and oxygen atoms in total. The van der Waals surface area contributed by atoms with Crippen LogP contribution in [0.15, 0.2) is 59.8 Å². The van der Waals surface area contributed by atoms with Crippen molar-refractivity contribution in [3.63, 3.8) is 0 Å². The summed E-state index contributed by atoms with van der Waals surface area (Å²) in [5.41, 5.74) is 2.55. The minimum atomic E-state index is -0.958. The number of nitrogens with zero attached hydrogens (tertiary/aromatic N) is 1. The second-order valence-electron chi connectivity index (χ2n) is 7.22. The summed E-state index contributed by atoms with van der Waals surface area (Å²) >= 11 is 0. The van der Waals surface area contributed by atoms with Crippen molar-refractivity contribution in [3.8, 4) is 5.75 Å². The lowest BCUT2D eigenvalue weighted by molar-refractivity contribution is -0.149. The van der Waals surface area contributed by atoms with Gasteiger partial charge >= 0.3 is 5.97 Å². The van der Waals surface area contributed by atoms with Crippen molar-refractivity contribution < 1.29 is 24.2 Å². The first-order chi connectivity index (χ1) is 15.1. The SMILES string of the molecule is CCCCCCO/N=C(\COc1ccc(CC(OCC)C(=O)O)cc1)c1ccccc1. The second-order valence-corrected chi connectivity index (χ2v) is 7.22. The third kappa shape index (κ3) is 9.22. The number of benzene rings is 2. The van der Waals surface area contributed by atoms with Gasteiger partial charge in [0.25, 0.3) is 0 Å². The molecule has 2 aromatic carbocycles. The number of aliphatic carboxylic acids is 1. The lowest BCUT2D eigenvalue weighted by atomic mass is 10.1. The van der Waals surface area contributed by atoms with E-state index >= 15 is 0 Å². The number of carboxylic acid groups (broad SMARTS) is 1. The Labute approximate surface area is 184 Å². The highest BCUT2D eigenvalue weighted by Gasteiger charge is 2.17. The van der Waals surface area contributed by atoms with Gasteiger partial charge in [0.1, 0.15) is 24.7 Å². The molecule has 0 amide bonds. The fraction of sp³-hybridized carbons (Fsp3) is 0.440. The van der Waals surface area contributed by atoms with Crippen molar-refractivity contribution in [1.82, 2.24) is 0 Å². The number of unbranched alkanes of at least 4 members (excludes halogenated alkanes) is 3. The molecule has 0 aliphatic heterocycles. The Morgan fingerprint density at radius 3 is 2.39 bits per heavy atom. The summed E-state index contributed by atoms with van der Waals surface area (Å²) in [5.74, 6) is -0.279. The van der Waals surface area contributed by atoms with Crippen molar-refractivity contribution in [2.24, 2.45) is 5.16 Å². The van der Waals surface area contributed by atoms with E-state index in [9.17, 15) is 9.90 Å². The van der Waals surface area contributed by atoms with Crippen LogP contribution < -0.4 is 4.74 Å². The van der Waals surface area contributed by atoms with Gasteiger partial charge < -0.3 is 19.4 Å². The lowest BCUT2D eigenvalue weighted by Gasteiger charge is -2.13. The molecule has 0 heterocycles. The minimum absolute atomic E-state index is 0.273. The number of carboxylic acids is 1. The monoisotopic (exact) mass is 427 g/mol. The van der Waals surface area contributed by atoms with E-state index in [-0.39, 0.29) is 6.61 Å². The van der Waals surface area contributed by atoms with E-state index in [0.717, 1.165) is 29.7 Å². The zero-order valence-electron chi connectivity index (χ0n) is 18.5. The predicted molar refractivity (Wildman–Crippen MR) is 122 cm³/mol. The number of ether oxygens (including phenoxy) is 2. The zero-order valence-corrected chi connectivity index (χ0v) is 18.5. The fourth-order valence-electron chi connectivity index (χ4n) is 3.02. The van der Waals surface area contributed by atoms with Crippen LogP contribution in [0.2, 0.25) is 0 Å². The van der Waals surface area contributed by atoms with Gasteiger partial charge in [-0.2, -0.15) is 0 Å². The van der Waals surface area contributed by atoms with E-state index in [1.807, 2.05) is 54.6 Å². The first-order valence-electron chi connectivity index (χ1n) is 10.9. The summed E-state index contributed by atoms with van der Waals surface area (Å²) < 4.78 is 11.2. The Morgan fingerprint density at radius 1 is 1.00 bits per heavy atom. The number of rotatable bonds is 15. The number of carbonyl (C=O) groups is 1. The average Bonchev–Trinajstić information content (AvgIpc) is 2.79. The van der Waals surface area contributed by atoms with Gasteiger partial charge in [-0.3, -0.25) is 0 Å². The van der Waals surface area contributed by atoms with E-state index in [1.54, 1.807) is 6.92 Å². The molecule has 0 aromatic heterocycles. The molecule has 0 spiro atoms. The molecular formula is C25H33NO5. The van der Waals surface area contributed by atoms with Gasteiger partial charge in [0.05, 0.1) is 0 Å². The summed E-state index contributed by atoms with van der Waals surface area (Å²) in [6, 6.07) is 17.2. The number of oxime groups is 1. The Morgan fingerprint density at radius 2 is 1.74 bits per heavy atom. The van der Waals surface area contributed by atoms with Crippen LogP contribution in [0.3, 0.4) is 0 Å². The molecule has 6 heteroatoms. The first kappa shape index (κ1) is 24.4. The van der Waals surface area contributed by atoms with Gasteiger partial charge in [-0.15, -0.1) is 0 Å². The van der Waals surface area contributed by atoms with Gasteiger partial charge in [0.2, 0.25) is 0 Å². The standard InChI is InChI=1S/C25H33NO5/c1-3-5-6-10-17-31-26-23(21-11-8-7-9-12-21)19-30-22-15-13-20(14-16-22)18-24(25(27)28)29-4-2/h7-9,11-16,24H,3-6,10,17-19H2,1-2H3,(H,27,28)/b26-23+. The molecular weight excluding hydrogens is 394 g/mol. The summed E-state index contributed by atoms with van der Waals surface area (Å²) in [4.78, 5) is 16.8. The summed E-state index contributed by atoms with van der Waals surface area (Å²) in [6.45, 7) is 5.19. The molecule has 0 saturated heterocycles. The molecule has 31 heavy (non-hydrogen) atoms. The summed E-state index contributed by atoms with van der Waals surface area (Å²) in [5, 5.41) is 13.5. The normalized spacial score (nSPS) is 12.4. The lowest BCUT2D eigenvalue weighted by Crippen LogP contribution is -2.26. The predicted octanol–water partition coefficient (Wildman–Crippen LogP) is 5.10. The van der Waals surface area contributed by atoms with E-state index in [1.165, 1.54) is 12.8 Å². The van der Waals surface area contributed by atoms with Crippen LogP contribution in [0.4, 0.5) is 0 Å². The highest BCUT2D eigenvalue weighted by atomic mass is 16.6. The second kappa shape index (κ2) is 14.2. The van der Waals surface area contributed by atoms with E-state index in [2.05, 4.69) is 12.1 Å². The van der Waals surface area contributed by atoms with Crippen LogP contribution in [0.25, 0.3) is 0 Å². The number of hydrogen-bond donors (Lipinski definition) is 1. The Hall–Kier alpha value is -2.86. The molecule has 2 rings (SSSR count). The maximum absolute atomic E-state index is 11.3. The first-order valence-corrected chi connectivity index (χ1v) is 10.9. The molecule has 0 saturated carbocycles. The maximum atomic E-state index is 11.3. The van der Waals surface area contributed by atoms with Crippen LogP contribution in [0, 0.1) is 0 Å². The molecule has 0 bridgehead atoms.